The highest BCUT2D eigenvalue weighted by atomic mass is 32.2. The Bertz CT molecular complexity index is 661. The molecule has 0 amide bonds. The molecule has 2 atom stereocenters. The van der Waals surface area contributed by atoms with E-state index in [0.717, 1.165) is 10.4 Å². The average molecular weight is 317 g/mol. The molecule has 0 aromatic heterocycles. The van der Waals surface area contributed by atoms with Gasteiger partial charge in [0.15, 0.2) is 11.6 Å². The summed E-state index contributed by atoms with van der Waals surface area (Å²) >= 11 is 0. The van der Waals surface area contributed by atoms with Gasteiger partial charge < -0.3 is 9.84 Å². The lowest BCUT2D eigenvalue weighted by atomic mass is 10.0. The van der Waals surface area contributed by atoms with Crippen LogP contribution < -0.4 is 4.74 Å². The first-order valence-corrected chi connectivity index (χ1v) is 7.81. The number of sulfonamides is 1. The van der Waals surface area contributed by atoms with Crippen molar-refractivity contribution in [2.75, 3.05) is 13.7 Å². The minimum absolute atomic E-state index is 0.0708. The molecule has 1 fully saturated rings. The number of carboxylic acid groups (broad SMARTS) is 1. The number of benzene rings is 1. The topological polar surface area (TPSA) is 83.9 Å². The molecular weight excluding hydrogens is 301 g/mol. The molecule has 1 aliphatic rings. The highest BCUT2D eigenvalue weighted by Crippen LogP contribution is 2.31. The van der Waals surface area contributed by atoms with Crippen LogP contribution in [0.3, 0.4) is 0 Å². The molecular formula is C13H16FNO5S. The Labute approximate surface area is 122 Å². The summed E-state index contributed by atoms with van der Waals surface area (Å²) in [6.45, 7) is 1.79. The molecule has 6 nitrogen and oxygen atoms in total. The third kappa shape index (κ3) is 2.73. The number of halogens is 1. The number of carbonyl (C=O) groups is 1. The second-order valence-electron chi connectivity index (χ2n) is 4.96. The second-order valence-corrected chi connectivity index (χ2v) is 6.85. The van der Waals surface area contributed by atoms with Gasteiger partial charge in [-0.25, -0.2) is 12.8 Å². The van der Waals surface area contributed by atoms with E-state index in [4.69, 9.17) is 4.74 Å². The molecule has 2 rings (SSSR count). The van der Waals surface area contributed by atoms with Crippen molar-refractivity contribution in [1.29, 1.82) is 0 Å². The summed E-state index contributed by atoms with van der Waals surface area (Å²) in [5.74, 6) is -2.37. The Balaban J connectivity index is 2.42. The number of hydrogen-bond acceptors (Lipinski definition) is 4. The first kappa shape index (κ1) is 15.7. The van der Waals surface area contributed by atoms with Gasteiger partial charge in [0, 0.05) is 6.54 Å². The van der Waals surface area contributed by atoms with Crippen molar-refractivity contribution in [3.05, 3.63) is 24.0 Å². The number of aliphatic carboxylic acids is 1. The van der Waals surface area contributed by atoms with Crippen molar-refractivity contribution < 1.29 is 27.4 Å². The van der Waals surface area contributed by atoms with Crippen molar-refractivity contribution in [1.82, 2.24) is 4.31 Å². The number of hydrogen-bond donors (Lipinski definition) is 1. The first-order valence-electron chi connectivity index (χ1n) is 6.37. The molecule has 8 heteroatoms. The van der Waals surface area contributed by atoms with E-state index in [1.807, 2.05) is 0 Å². The van der Waals surface area contributed by atoms with Crippen LogP contribution in [-0.2, 0) is 14.8 Å². The normalized spacial score (nSPS) is 23.2. The predicted molar refractivity (Wildman–Crippen MR) is 72.0 cm³/mol. The minimum Gasteiger partial charge on any atom is -0.494 e. The molecule has 0 spiro atoms. The molecule has 1 aliphatic heterocycles. The summed E-state index contributed by atoms with van der Waals surface area (Å²) in [5, 5.41) is 9.20. The number of carboxylic acids is 1. The zero-order chi connectivity index (χ0) is 15.8. The number of rotatable bonds is 4. The van der Waals surface area contributed by atoms with Gasteiger partial charge in [-0.3, -0.25) is 4.79 Å². The summed E-state index contributed by atoms with van der Waals surface area (Å²) in [4.78, 5) is 11.0. The zero-order valence-electron chi connectivity index (χ0n) is 11.6. The summed E-state index contributed by atoms with van der Waals surface area (Å²) < 4.78 is 44.3. The number of methoxy groups -OCH3 is 1. The van der Waals surface area contributed by atoms with E-state index in [1.165, 1.54) is 19.2 Å². The average Bonchev–Trinajstić information content (AvgIpc) is 2.81. The Morgan fingerprint density at radius 1 is 1.48 bits per heavy atom. The molecule has 116 valence electrons. The summed E-state index contributed by atoms with van der Waals surface area (Å²) in [5.41, 5.74) is 0. The highest BCUT2D eigenvalue weighted by molar-refractivity contribution is 7.89. The summed E-state index contributed by atoms with van der Waals surface area (Å²) in [7, 11) is -2.78. The molecule has 1 N–H and O–H groups in total. The maximum absolute atomic E-state index is 13.7. The molecule has 0 bridgehead atoms. The van der Waals surface area contributed by atoms with Gasteiger partial charge in [0.2, 0.25) is 10.0 Å². The molecule has 2 unspecified atom stereocenters. The van der Waals surface area contributed by atoms with Crippen LogP contribution in [0.1, 0.15) is 13.3 Å². The molecule has 21 heavy (non-hydrogen) atoms. The zero-order valence-corrected chi connectivity index (χ0v) is 12.4. The monoisotopic (exact) mass is 317 g/mol. The van der Waals surface area contributed by atoms with Crippen LogP contribution in [0.15, 0.2) is 23.1 Å². The van der Waals surface area contributed by atoms with Gasteiger partial charge in [0.05, 0.1) is 12.0 Å². The molecule has 0 aliphatic carbocycles. The first-order chi connectivity index (χ1) is 9.78. The third-order valence-corrected chi connectivity index (χ3v) is 5.51. The van der Waals surface area contributed by atoms with Gasteiger partial charge in [0.25, 0.3) is 0 Å². The fourth-order valence-electron chi connectivity index (χ4n) is 2.49. The van der Waals surface area contributed by atoms with E-state index in [0.29, 0.717) is 6.42 Å². The number of ether oxygens (including phenoxy) is 1. The highest BCUT2D eigenvalue weighted by Gasteiger charge is 2.44. The lowest BCUT2D eigenvalue weighted by Crippen LogP contribution is -2.42. The van der Waals surface area contributed by atoms with Gasteiger partial charge in [0.1, 0.15) is 6.04 Å². The van der Waals surface area contributed by atoms with Crippen molar-refractivity contribution in [2.45, 2.75) is 24.3 Å². The van der Waals surface area contributed by atoms with E-state index >= 15 is 0 Å². The maximum Gasteiger partial charge on any atom is 0.322 e. The van der Waals surface area contributed by atoms with E-state index in [2.05, 4.69) is 0 Å². The van der Waals surface area contributed by atoms with E-state index in [9.17, 15) is 22.7 Å². The van der Waals surface area contributed by atoms with Gasteiger partial charge in [-0.15, -0.1) is 0 Å². The second kappa shape index (κ2) is 5.61. The quantitative estimate of drug-likeness (QED) is 0.905. The van der Waals surface area contributed by atoms with Crippen LogP contribution >= 0.6 is 0 Å². The molecule has 1 heterocycles. The molecule has 1 saturated heterocycles. The van der Waals surface area contributed by atoms with Gasteiger partial charge in [-0.05, 0) is 30.5 Å². The van der Waals surface area contributed by atoms with Crippen LogP contribution in [0.4, 0.5) is 4.39 Å². The summed E-state index contributed by atoms with van der Waals surface area (Å²) in [6.07, 6.45) is 0.453. The van der Waals surface area contributed by atoms with Crippen LogP contribution in [0.25, 0.3) is 0 Å². The molecule has 0 saturated carbocycles. The van der Waals surface area contributed by atoms with E-state index in [-0.39, 0.29) is 23.1 Å². The lowest BCUT2D eigenvalue weighted by molar-refractivity contribution is -0.141. The Morgan fingerprint density at radius 2 is 2.14 bits per heavy atom. The molecule has 0 radical (unpaired) electrons. The van der Waals surface area contributed by atoms with Gasteiger partial charge in [-0.2, -0.15) is 4.31 Å². The Kier molecular flexibility index (Phi) is 4.20. The SMILES string of the molecule is COc1ccc(S(=O)(=O)N2CCC(C)C2C(=O)O)cc1F. The van der Waals surface area contributed by atoms with Crippen LogP contribution in [0.2, 0.25) is 0 Å². The standard InChI is InChI=1S/C13H16FNO5S/c1-8-5-6-15(12(8)13(16)17)21(18,19)9-3-4-11(20-2)10(14)7-9/h3-4,7-8,12H,5-6H2,1-2H3,(H,16,17). The lowest BCUT2D eigenvalue weighted by Gasteiger charge is -2.23. The van der Waals surface area contributed by atoms with Crippen LogP contribution in [0.5, 0.6) is 5.75 Å². The Morgan fingerprint density at radius 3 is 2.67 bits per heavy atom. The maximum atomic E-state index is 13.7. The number of nitrogens with zero attached hydrogens (tertiary/aromatic N) is 1. The molecule has 1 aromatic rings. The summed E-state index contributed by atoms with van der Waals surface area (Å²) in [6, 6.07) is 2.13. The Hall–Kier alpha value is -1.67. The molecule has 1 aromatic carbocycles. The fraction of sp³-hybridized carbons (Fsp3) is 0.462. The largest absolute Gasteiger partial charge is 0.494 e. The predicted octanol–water partition coefficient (Wildman–Crippen LogP) is 1.32. The van der Waals surface area contributed by atoms with Crippen molar-refractivity contribution >= 4 is 16.0 Å². The minimum atomic E-state index is -4.06. The van der Waals surface area contributed by atoms with Crippen molar-refractivity contribution in [3.63, 3.8) is 0 Å². The van der Waals surface area contributed by atoms with E-state index < -0.39 is 27.9 Å². The van der Waals surface area contributed by atoms with Crippen molar-refractivity contribution in [2.24, 2.45) is 5.92 Å². The van der Waals surface area contributed by atoms with Crippen LogP contribution in [-0.4, -0.2) is 43.5 Å². The third-order valence-electron chi connectivity index (χ3n) is 3.64. The van der Waals surface area contributed by atoms with Gasteiger partial charge >= 0.3 is 5.97 Å². The van der Waals surface area contributed by atoms with E-state index in [1.54, 1.807) is 6.92 Å². The van der Waals surface area contributed by atoms with Crippen molar-refractivity contribution in [3.8, 4) is 5.75 Å². The van der Waals surface area contributed by atoms with Crippen LogP contribution in [0, 0.1) is 11.7 Å². The fourth-order valence-corrected chi connectivity index (χ4v) is 4.20. The van der Waals surface area contributed by atoms with Gasteiger partial charge in [-0.1, -0.05) is 6.92 Å². The smallest absolute Gasteiger partial charge is 0.322 e.